The normalized spacial score (nSPS) is 19.1. The number of carbonyl (C=O) groups is 1. The number of hydrogen-bond acceptors (Lipinski definition) is 6. The summed E-state index contributed by atoms with van der Waals surface area (Å²) in [6.07, 6.45) is 1.47. The number of aromatic amines is 1. The van der Waals surface area contributed by atoms with Gasteiger partial charge >= 0.3 is 0 Å². The maximum atomic E-state index is 13.2. The van der Waals surface area contributed by atoms with Gasteiger partial charge in [-0.15, -0.1) is 0 Å². The molecule has 4 N–H and O–H groups in total. The van der Waals surface area contributed by atoms with Crippen molar-refractivity contribution in [2.45, 2.75) is 19.4 Å². The fourth-order valence-electron chi connectivity index (χ4n) is 3.61. The van der Waals surface area contributed by atoms with Crippen molar-refractivity contribution in [2.24, 2.45) is 5.92 Å². The lowest BCUT2D eigenvalue weighted by Gasteiger charge is -2.18. The van der Waals surface area contributed by atoms with E-state index in [1.54, 1.807) is 4.90 Å². The molecular formula is C20H22N6O2. The second-order valence-corrected chi connectivity index (χ2v) is 7.14. The molecule has 1 aliphatic rings. The average Bonchev–Trinajstić information content (AvgIpc) is 3.27. The van der Waals surface area contributed by atoms with Gasteiger partial charge in [0, 0.05) is 36.5 Å². The Morgan fingerprint density at radius 2 is 2.11 bits per heavy atom. The van der Waals surface area contributed by atoms with Gasteiger partial charge in [0.2, 0.25) is 5.95 Å². The number of benzene rings is 1. The van der Waals surface area contributed by atoms with Crippen molar-refractivity contribution in [3.63, 3.8) is 0 Å². The summed E-state index contributed by atoms with van der Waals surface area (Å²) in [5.41, 5.74) is 9.29. The molecule has 0 unspecified atom stereocenters. The number of nitrogens with two attached hydrogens (primary N) is 1. The smallest absolute Gasteiger partial charge is 0.257 e. The zero-order valence-electron chi connectivity index (χ0n) is 15.5. The number of carbonyl (C=O) groups excluding carboxylic acids is 1. The van der Waals surface area contributed by atoms with Crippen LogP contribution in [-0.4, -0.2) is 55.3 Å². The predicted octanol–water partition coefficient (Wildman–Crippen LogP) is 1.43. The number of likely N-dealkylation sites (tertiary alicyclic amines) is 1. The number of aliphatic hydroxyl groups excluding tert-OH is 1. The third kappa shape index (κ3) is 3.59. The Bertz CT molecular complexity index is 987. The minimum absolute atomic E-state index is 0.0680. The van der Waals surface area contributed by atoms with Crippen molar-refractivity contribution < 1.29 is 9.90 Å². The molecular weight excluding hydrogens is 356 g/mol. The largest absolute Gasteiger partial charge is 0.391 e. The first kappa shape index (κ1) is 18.1. The SMILES string of the molecule is Cc1cc(C[C@@H]2CN(C(=O)c3cnc(N)nc3-c3ccccc3)C[C@H]2O)n[nH]1. The molecule has 0 saturated carbocycles. The van der Waals surface area contributed by atoms with E-state index in [0.29, 0.717) is 24.2 Å². The number of nitrogens with one attached hydrogen (secondary N) is 1. The van der Waals surface area contributed by atoms with Gasteiger partial charge in [-0.2, -0.15) is 5.10 Å². The first-order valence-electron chi connectivity index (χ1n) is 9.17. The van der Waals surface area contributed by atoms with E-state index in [1.807, 2.05) is 43.3 Å². The summed E-state index contributed by atoms with van der Waals surface area (Å²) in [5, 5.41) is 17.6. The molecule has 144 valence electrons. The Labute approximate surface area is 162 Å². The summed E-state index contributed by atoms with van der Waals surface area (Å²) in [6, 6.07) is 11.4. The first-order valence-corrected chi connectivity index (χ1v) is 9.17. The minimum Gasteiger partial charge on any atom is -0.391 e. The summed E-state index contributed by atoms with van der Waals surface area (Å²) in [6.45, 7) is 2.65. The van der Waals surface area contributed by atoms with Crippen LogP contribution < -0.4 is 5.73 Å². The number of nitrogen functional groups attached to an aromatic ring is 1. The quantitative estimate of drug-likeness (QED) is 0.631. The summed E-state index contributed by atoms with van der Waals surface area (Å²) in [5.74, 6) is -0.163. The minimum atomic E-state index is -0.601. The van der Waals surface area contributed by atoms with E-state index in [9.17, 15) is 9.90 Å². The third-order valence-electron chi connectivity index (χ3n) is 5.01. The summed E-state index contributed by atoms with van der Waals surface area (Å²) in [7, 11) is 0. The Morgan fingerprint density at radius 1 is 1.32 bits per heavy atom. The molecule has 0 aliphatic carbocycles. The van der Waals surface area contributed by atoms with Gasteiger partial charge in [0.1, 0.15) is 0 Å². The fraction of sp³-hybridized carbons (Fsp3) is 0.300. The van der Waals surface area contributed by atoms with Crippen LogP contribution in [0.5, 0.6) is 0 Å². The van der Waals surface area contributed by atoms with Crippen molar-refractivity contribution in [2.75, 3.05) is 18.8 Å². The van der Waals surface area contributed by atoms with E-state index in [-0.39, 0.29) is 24.3 Å². The number of hydrogen-bond donors (Lipinski definition) is 3. The number of aromatic nitrogens is 4. The molecule has 0 spiro atoms. The highest BCUT2D eigenvalue weighted by molar-refractivity contribution is 6.00. The highest BCUT2D eigenvalue weighted by Gasteiger charge is 2.35. The van der Waals surface area contributed by atoms with Crippen molar-refractivity contribution in [1.82, 2.24) is 25.1 Å². The molecule has 0 radical (unpaired) electrons. The highest BCUT2D eigenvalue weighted by Crippen LogP contribution is 2.27. The van der Waals surface area contributed by atoms with Gasteiger partial charge in [-0.1, -0.05) is 30.3 Å². The molecule has 1 amide bonds. The second kappa shape index (κ2) is 7.40. The van der Waals surface area contributed by atoms with Crippen LogP contribution in [0.25, 0.3) is 11.3 Å². The number of rotatable bonds is 4. The molecule has 3 aromatic rings. The molecule has 8 nitrogen and oxygen atoms in total. The van der Waals surface area contributed by atoms with E-state index in [4.69, 9.17) is 5.73 Å². The van der Waals surface area contributed by atoms with Crippen molar-refractivity contribution >= 4 is 11.9 Å². The van der Waals surface area contributed by atoms with Gasteiger partial charge in [-0.3, -0.25) is 9.89 Å². The molecule has 3 heterocycles. The van der Waals surface area contributed by atoms with Gasteiger partial charge in [0.05, 0.1) is 23.1 Å². The van der Waals surface area contributed by atoms with Crippen LogP contribution in [-0.2, 0) is 6.42 Å². The maximum Gasteiger partial charge on any atom is 0.257 e. The number of nitrogens with zero attached hydrogens (tertiary/aromatic N) is 4. The molecule has 8 heteroatoms. The molecule has 28 heavy (non-hydrogen) atoms. The van der Waals surface area contributed by atoms with Crippen molar-refractivity contribution in [1.29, 1.82) is 0 Å². The van der Waals surface area contributed by atoms with E-state index in [1.165, 1.54) is 6.20 Å². The fourth-order valence-corrected chi connectivity index (χ4v) is 3.61. The number of aryl methyl sites for hydroxylation is 1. The number of anilines is 1. The molecule has 1 saturated heterocycles. The number of aliphatic hydroxyl groups is 1. The summed E-state index contributed by atoms with van der Waals surface area (Å²) >= 11 is 0. The lowest BCUT2D eigenvalue weighted by Crippen LogP contribution is -2.30. The third-order valence-corrected chi connectivity index (χ3v) is 5.01. The van der Waals surface area contributed by atoms with Crippen LogP contribution >= 0.6 is 0 Å². The van der Waals surface area contributed by atoms with Crippen molar-refractivity contribution in [3.8, 4) is 11.3 Å². The monoisotopic (exact) mass is 378 g/mol. The molecule has 1 fully saturated rings. The summed E-state index contributed by atoms with van der Waals surface area (Å²) < 4.78 is 0. The molecule has 2 atom stereocenters. The van der Waals surface area contributed by atoms with E-state index >= 15 is 0 Å². The zero-order chi connectivity index (χ0) is 19.7. The van der Waals surface area contributed by atoms with Crippen LogP contribution in [0.15, 0.2) is 42.6 Å². The Balaban J connectivity index is 1.57. The Morgan fingerprint density at radius 3 is 2.82 bits per heavy atom. The molecule has 4 rings (SSSR count). The van der Waals surface area contributed by atoms with E-state index < -0.39 is 6.10 Å². The zero-order valence-corrected chi connectivity index (χ0v) is 15.5. The van der Waals surface area contributed by atoms with E-state index in [0.717, 1.165) is 17.0 Å². The maximum absolute atomic E-state index is 13.2. The molecule has 1 aliphatic heterocycles. The van der Waals surface area contributed by atoms with Gasteiger partial charge in [-0.05, 0) is 19.4 Å². The number of β-amino-alcohol motifs (C(OH)–C–C–N with tert-alkyl or cyclic N) is 1. The van der Waals surface area contributed by atoms with Crippen LogP contribution in [0.1, 0.15) is 21.7 Å². The Hall–Kier alpha value is -3.26. The standard InChI is InChI=1S/C20H22N6O2/c1-12-7-15(25-24-12)8-14-10-26(11-17(14)27)19(28)16-9-22-20(21)23-18(16)13-5-3-2-4-6-13/h2-7,9,14,17,27H,8,10-11H2,1H3,(H,24,25)(H2,21,22,23)/t14-,17-/m1/s1. The Kier molecular flexibility index (Phi) is 4.79. The van der Waals surface area contributed by atoms with Gasteiger partial charge in [-0.25, -0.2) is 9.97 Å². The lowest BCUT2D eigenvalue weighted by atomic mass is 10.00. The predicted molar refractivity (Wildman–Crippen MR) is 104 cm³/mol. The lowest BCUT2D eigenvalue weighted by molar-refractivity contribution is 0.0764. The van der Waals surface area contributed by atoms with Crippen LogP contribution in [0, 0.1) is 12.8 Å². The van der Waals surface area contributed by atoms with Crippen molar-refractivity contribution in [3.05, 3.63) is 59.5 Å². The molecule has 2 aromatic heterocycles. The molecule has 0 bridgehead atoms. The summed E-state index contributed by atoms with van der Waals surface area (Å²) in [4.78, 5) is 23.1. The number of H-pyrrole nitrogens is 1. The van der Waals surface area contributed by atoms with Crippen LogP contribution in [0.2, 0.25) is 0 Å². The first-order chi connectivity index (χ1) is 13.5. The second-order valence-electron chi connectivity index (χ2n) is 7.14. The number of amides is 1. The van der Waals surface area contributed by atoms with Gasteiger partial charge in [0.25, 0.3) is 5.91 Å². The van der Waals surface area contributed by atoms with E-state index in [2.05, 4.69) is 20.2 Å². The van der Waals surface area contributed by atoms with Gasteiger partial charge in [0.15, 0.2) is 0 Å². The van der Waals surface area contributed by atoms with Crippen LogP contribution in [0.3, 0.4) is 0 Å². The van der Waals surface area contributed by atoms with Gasteiger partial charge < -0.3 is 15.7 Å². The highest BCUT2D eigenvalue weighted by atomic mass is 16.3. The topological polar surface area (TPSA) is 121 Å². The average molecular weight is 378 g/mol. The van der Waals surface area contributed by atoms with Crippen LogP contribution in [0.4, 0.5) is 5.95 Å². The molecule has 1 aromatic carbocycles.